The lowest BCUT2D eigenvalue weighted by atomic mass is 10.4. The van der Waals surface area contributed by atoms with E-state index in [2.05, 4.69) is 0 Å². The molecule has 0 spiro atoms. The lowest BCUT2D eigenvalue weighted by molar-refractivity contribution is 0.327. The third kappa shape index (κ3) is 2.91. The second kappa shape index (κ2) is 5.06. The number of likely N-dealkylation sites (N-methyl/N-ethyl adjacent to an activating group) is 1. The molecule has 0 amide bonds. The van der Waals surface area contributed by atoms with Gasteiger partial charge in [0.1, 0.15) is 0 Å². The fourth-order valence-corrected chi connectivity index (χ4v) is 2.33. The third-order valence-corrected chi connectivity index (χ3v) is 4.65. The summed E-state index contributed by atoms with van der Waals surface area (Å²) in [5.74, 6) is 0. The van der Waals surface area contributed by atoms with E-state index in [0.717, 1.165) is 0 Å². The van der Waals surface area contributed by atoms with Crippen molar-refractivity contribution in [2.24, 2.45) is 5.73 Å². The van der Waals surface area contributed by atoms with E-state index < -0.39 is 10.2 Å². The Bertz CT molecular complexity index is 264. The van der Waals surface area contributed by atoms with Crippen LogP contribution in [0.1, 0.15) is 20.8 Å². The van der Waals surface area contributed by atoms with Crippen LogP contribution in [0.4, 0.5) is 0 Å². The van der Waals surface area contributed by atoms with E-state index in [-0.39, 0.29) is 12.1 Å². The first-order valence-corrected chi connectivity index (χ1v) is 6.05. The van der Waals surface area contributed by atoms with Gasteiger partial charge in [-0.2, -0.15) is 17.0 Å². The lowest BCUT2D eigenvalue weighted by Gasteiger charge is -2.30. The van der Waals surface area contributed by atoms with Gasteiger partial charge in [-0.05, 0) is 20.8 Å². The second-order valence-corrected chi connectivity index (χ2v) is 5.77. The van der Waals surface area contributed by atoms with Gasteiger partial charge in [-0.25, -0.2) is 0 Å². The normalized spacial score (nSPS) is 15.5. The summed E-state index contributed by atoms with van der Waals surface area (Å²) < 4.78 is 26.4. The molecule has 0 saturated heterocycles. The van der Waals surface area contributed by atoms with Crippen molar-refractivity contribution in [2.75, 3.05) is 20.6 Å². The highest BCUT2D eigenvalue weighted by atomic mass is 32.2. The minimum absolute atomic E-state index is 0.0487. The van der Waals surface area contributed by atoms with Gasteiger partial charge in [0.05, 0.1) is 0 Å². The Balaban J connectivity index is 4.79. The van der Waals surface area contributed by atoms with Crippen LogP contribution in [0.25, 0.3) is 0 Å². The van der Waals surface area contributed by atoms with Crippen molar-refractivity contribution < 1.29 is 8.42 Å². The smallest absolute Gasteiger partial charge is 0.281 e. The predicted octanol–water partition coefficient (Wildman–Crippen LogP) is -0.150. The Morgan fingerprint density at radius 1 is 1.14 bits per heavy atom. The molecule has 0 rings (SSSR count). The molecule has 0 aromatic rings. The first kappa shape index (κ1) is 13.8. The molecular weight excluding hydrogens is 202 g/mol. The molecule has 86 valence electrons. The average molecular weight is 223 g/mol. The van der Waals surface area contributed by atoms with Gasteiger partial charge in [0.2, 0.25) is 0 Å². The Morgan fingerprint density at radius 2 is 1.57 bits per heavy atom. The van der Waals surface area contributed by atoms with E-state index in [1.54, 1.807) is 21.0 Å². The largest absolute Gasteiger partial charge is 0.329 e. The van der Waals surface area contributed by atoms with E-state index in [1.165, 1.54) is 8.61 Å². The average Bonchev–Trinajstić information content (AvgIpc) is 2.13. The van der Waals surface area contributed by atoms with Gasteiger partial charge in [0.15, 0.2) is 0 Å². The Labute approximate surface area is 87.0 Å². The van der Waals surface area contributed by atoms with Crippen molar-refractivity contribution in [3.05, 3.63) is 0 Å². The van der Waals surface area contributed by atoms with Crippen molar-refractivity contribution >= 4 is 10.2 Å². The van der Waals surface area contributed by atoms with E-state index in [1.807, 2.05) is 13.8 Å². The number of rotatable bonds is 5. The topological polar surface area (TPSA) is 66.6 Å². The van der Waals surface area contributed by atoms with Crippen molar-refractivity contribution in [1.29, 1.82) is 0 Å². The maximum Gasteiger partial charge on any atom is 0.281 e. The fourth-order valence-electron chi connectivity index (χ4n) is 0.845. The number of nitrogens with zero attached hydrogens (tertiary/aromatic N) is 2. The quantitative estimate of drug-likeness (QED) is 0.705. The van der Waals surface area contributed by atoms with E-state index >= 15 is 0 Å². The zero-order valence-corrected chi connectivity index (χ0v) is 10.4. The minimum atomic E-state index is -3.36. The van der Waals surface area contributed by atoms with Gasteiger partial charge >= 0.3 is 0 Å². The van der Waals surface area contributed by atoms with Gasteiger partial charge < -0.3 is 5.73 Å². The first-order chi connectivity index (χ1) is 6.25. The summed E-state index contributed by atoms with van der Waals surface area (Å²) in [6.45, 7) is 5.77. The minimum Gasteiger partial charge on any atom is -0.329 e. The zero-order valence-electron chi connectivity index (χ0n) is 9.56. The summed E-state index contributed by atoms with van der Waals surface area (Å²) in [6.07, 6.45) is 0. The molecule has 1 unspecified atom stereocenters. The van der Waals surface area contributed by atoms with Gasteiger partial charge in [0, 0.05) is 32.7 Å². The molecule has 0 radical (unpaired) electrons. The molecule has 2 N–H and O–H groups in total. The van der Waals surface area contributed by atoms with Crippen LogP contribution in [-0.2, 0) is 10.2 Å². The summed E-state index contributed by atoms with van der Waals surface area (Å²) in [4.78, 5) is 0. The Morgan fingerprint density at radius 3 is 1.86 bits per heavy atom. The van der Waals surface area contributed by atoms with Crippen LogP contribution in [0.15, 0.2) is 0 Å². The van der Waals surface area contributed by atoms with Crippen LogP contribution in [0.3, 0.4) is 0 Å². The molecule has 0 heterocycles. The van der Waals surface area contributed by atoms with Crippen molar-refractivity contribution in [1.82, 2.24) is 8.61 Å². The Hall–Kier alpha value is -0.170. The van der Waals surface area contributed by atoms with Gasteiger partial charge in [0.25, 0.3) is 10.2 Å². The first-order valence-electron chi connectivity index (χ1n) is 4.66. The number of hydrogen-bond donors (Lipinski definition) is 1. The fraction of sp³-hybridized carbons (Fsp3) is 1.00. The van der Waals surface area contributed by atoms with Crippen molar-refractivity contribution in [3.63, 3.8) is 0 Å². The molecule has 0 aromatic carbocycles. The second-order valence-electron chi connectivity index (χ2n) is 3.72. The molecule has 0 aromatic heterocycles. The highest BCUT2D eigenvalue weighted by molar-refractivity contribution is 7.86. The number of hydrogen-bond acceptors (Lipinski definition) is 3. The van der Waals surface area contributed by atoms with Crippen LogP contribution in [0.5, 0.6) is 0 Å². The lowest BCUT2D eigenvalue weighted by Crippen LogP contribution is -2.48. The highest BCUT2D eigenvalue weighted by Crippen LogP contribution is 2.10. The van der Waals surface area contributed by atoms with Crippen LogP contribution in [0, 0.1) is 0 Å². The maximum absolute atomic E-state index is 11.9. The molecule has 0 fully saturated rings. The summed E-state index contributed by atoms with van der Waals surface area (Å²) in [5, 5.41) is 0. The van der Waals surface area contributed by atoms with Gasteiger partial charge in [-0.15, -0.1) is 0 Å². The van der Waals surface area contributed by atoms with Crippen molar-refractivity contribution in [2.45, 2.75) is 32.9 Å². The highest BCUT2D eigenvalue weighted by Gasteiger charge is 2.28. The molecule has 6 heteroatoms. The summed E-state index contributed by atoms with van der Waals surface area (Å²) in [5.41, 5.74) is 5.42. The summed E-state index contributed by atoms with van der Waals surface area (Å²) >= 11 is 0. The zero-order chi connectivity index (χ0) is 11.5. The Kier molecular flexibility index (Phi) is 5.00. The third-order valence-electron chi connectivity index (χ3n) is 2.42. The van der Waals surface area contributed by atoms with Gasteiger partial charge in [-0.3, -0.25) is 0 Å². The molecule has 0 aliphatic heterocycles. The molecule has 0 aliphatic carbocycles. The monoisotopic (exact) mass is 223 g/mol. The number of nitrogens with two attached hydrogens (primary N) is 1. The molecule has 0 aliphatic rings. The van der Waals surface area contributed by atoms with Crippen molar-refractivity contribution in [3.8, 4) is 0 Å². The van der Waals surface area contributed by atoms with E-state index in [0.29, 0.717) is 6.54 Å². The van der Waals surface area contributed by atoms with Gasteiger partial charge in [-0.1, -0.05) is 0 Å². The predicted molar refractivity (Wildman–Crippen MR) is 58.1 cm³/mol. The molecule has 0 saturated carbocycles. The van der Waals surface area contributed by atoms with E-state index in [4.69, 9.17) is 5.73 Å². The van der Waals surface area contributed by atoms with Crippen LogP contribution in [0.2, 0.25) is 0 Å². The maximum atomic E-state index is 11.9. The molecule has 1 atom stereocenters. The molecular formula is C8H21N3O2S. The molecule has 14 heavy (non-hydrogen) atoms. The standard InChI is InChI=1S/C8H21N3O2S/c1-7(2)10(4)14(12,13)11(5)8(3)6-9/h7-8H,6,9H2,1-5H3. The van der Waals surface area contributed by atoms with E-state index in [9.17, 15) is 8.42 Å². The summed E-state index contributed by atoms with van der Waals surface area (Å²) in [6, 6.07) is -0.228. The van der Waals surface area contributed by atoms with Crippen LogP contribution in [-0.4, -0.2) is 49.8 Å². The van der Waals surface area contributed by atoms with Crippen LogP contribution >= 0.6 is 0 Å². The van der Waals surface area contributed by atoms with Crippen LogP contribution < -0.4 is 5.73 Å². The SMILES string of the molecule is CC(C)N(C)S(=O)(=O)N(C)C(C)CN. The molecule has 5 nitrogen and oxygen atoms in total. The molecule has 0 bridgehead atoms. The summed E-state index contributed by atoms with van der Waals surface area (Å²) in [7, 11) is -0.246.